The van der Waals surface area contributed by atoms with Crippen molar-refractivity contribution in [1.82, 2.24) is 9.97 Å². The van der Waals surface area contributed by atoms with E-state index in [1.54, 1.807) is 31.2 Å². The molecule has 1 aromatic heterocycles. The van der Waals surface area contributed by atoms with Gasteiger partial charge in [-0.2, -0.15) is 4.98 Å². The first-order chi connectivity index (χ1) is 14.0. The third-order valence-electron chi connectivity index (χ3n) is 4.66. The fraction of sp³-hybridized carbons (Fsp3) is 0.400. The second kappa shape index (κ2) is 9.22. The summed E-state index contributed by atoms with van der Waals surface area (Å²) in [6.07, 6.45) is 2.98. The number of piperidine rings is 1. The van der Waals surface area contributed by atoms with E-state index in [9.17, 15) is 9.59 Å². The number of aromatic nitrogens is 2. The van der Waals surface area contributed by atoms with Crippen molar-refractivity contribution in [1.29, 1.82) is 0 Å². The van der Waals surface area contributed by atoms with E-state index >= 15 is 0 Å². The molecule has 0 aliphatic carbocycles. The molecule has 3 rings (SSSR count). The van der Waals surface area contributed by atoms with Gasteiger partial charge in [0.2, 0.25) is 5.88 Å². The Morgan fingerprint density at radius 3 is 2.69 bits per heavy atom. The lowest BCUT2D eigenvalue weighted by Crippen LogP contribution is -2.40. The van der Waals surface area contributed by atoms with Crippen molar-refractivity contribution < 1.29 is 23.8 Å². The molecule has 1 saturated heterocycles. The van der Waals surface area contributed by atoms with E-state index in [1.165, 1.54) is 13.4 Å². The van der Waals surface area contributed by atoms with Gasteiger partial charge < -0.3 is 24.8 Å². The monoisotopic (exact) mass is 400 g/mol. The summed E-state index contributed by atoms with van der Waals surface area (Å²) in [5, 5.41) is 0. The molecule has 0 radical (unpaired) electrons. The average Bonchev–Trinajstić information content (AvgIpc) is 2.75. The SMILES string of the molecule is CCOC(=O)C1CCCN(c2ncnc(Oc3ccc(C(=O)OC)cc3)c2N)C1. The highest BCUT2D eigenvalue weighted by molar-refractivity contribution is 5.89. The lowest BCUT2D eigenvalue weighted by molar-refractivity contribution is -0.148. The van der Waals surface area contributed by atoms with Gasteiger partial charge >= 0.3 is 11.9 Å². The number of benzene rings is 1. The summed E-state index contributed by atoms with van der Waals surface area (Å²) >= 11 is 0. The number of methoxy groups -OCH3 is 1. The van der Waals surface area contributed by atoms with Gasteiger partial charge in [-0.05, 0) is 44.0 Å². The second-order valence-electron chi connectivity index (χ2n) is 6.57. The van der Waals surface area contributed by atoms with Gasteiger partial charge in [0.15, 0.2) is 5.82 Å². The maximum absolute atomic E-state index is 12.1. The van der Waals surface area contributed by atoms with Crippen LogP contribution in [0.2, 0.25) is 0 Å². The van der Waals surface area contributed by atoms with Crippen LogP contribution >= 0.6 is 0 Å². The Hall–Kier alpha value is -3.36. The van der Waals surface area contributed by atoms with E-state index in [0.717, 1.165) is 19.4 Å². The van der Waals surface area contributed by atoms with E-state index in [2.05, 4.69) is 14.7 Å². The standard InChI is InChI=1S/C20H24N4O5/c1-3-28-20(26)14-5-4-10-24(11-14)17-16(21)18(23-12-22-17)29-15-8-6-13(7-9-15)19(25)27-2/h6-9,12,14H,3-5,10-11,21H2,1-2H3. The second-order valence-corrected chi connectivity index (χ2v) is 6.57. The fourth-order valence-electron chi connectivity index (χ4n) is 3.21. The fourth-order valence-corrected chi connectivity index (χ4v) is 3.21. The van der Waals surface area contributed by atoms with Gasteiger partial charge in [0.05, 0.1) is 25.2 Å². The molecular formula is C20H24N4O5. The van der Waals surface area contributed by atoms with Crippen LogP contribution in [0.25, 0.3) is 0 Å². The van der Waals surface area contributed by atoms with Crippen molar-refractivity contribution in [2.45, 2.75) is 19.8 Å². The number of carbonyl (C=O) groups is 2. The largest absolute Gasteiger partial charge is 0.466 e. The summed E-state index contributed by atoms with van der Waals surface area (Å²) in [5.41, 5.74) is 6.96. The predicted molar refractivity (Wildman–Crippen MR) is 106 cm³/mol. The third-order valence-corrected chi connectivity index (χ3v) is 4.66. The van der Waals surface area contributed by atoms with Gasteiger partial charge in [0, 0.05) is 13.1 Å². The number of rotatable bonds is 6. The Morgan fingerprint density at radius 2 is 2.00 bits per heavy atom. The van der Waals surface area contributed by atoms with E-state index in [0.29, 0.717) is 30.3 Å². The predicted octanol–water partition coefficient (Wildman–Crippen LogP) is 2.42. The van der Waals surface area contributed by atoms with Crippen molar-refractivity contribution in [2.75, 3.05) is 37.4 Å². The van der Waals surface area contributed by atoms with Gasteiger partial charge in [0.1, 0.15) is 17.8 Å². The van der Waals surface area contributed by atoms with E-state index in [-0.39, 0.29) is 23.5 Å². The van der Waals surface area contributed by atoms with Crippen LogP contribution in [-0.2, 0) is 14.3 Å². The Bertz CT molecular complexity index is 872. The van der Waals surface area contributed by atoms with E-state index in [4.69, 9.17) is 15.2 Å². The lowest BCUT2D eigenvalue weighted by atomic mass is 9.98. The van der Waals surface area contributed by atoms with Gasteiger partial charge in [-0.15, -0.1) is 0 Å². The maximum atomic E-state index is 12.1. The van der Waals surface area contributed by atoms with Crippen LogP contribution in [0.1, 0.15) is 30.1 Å². The number of hydrogen-bond acceptors (Lipinski definition) is 9. The highest BCUT2D eigenvalue weighted by Crippen LogP contribution is 2.33. The van der Waals surface area contributed by atoms with Crippen LogP contribution in [0.5, 0.6) is 11.6 Å². The highest BCUT2D eigenvalue weighted by Gasteiger charge is 2.29. The molecule has 1 atom stereocenters. The van der Waals surface area contributed by atoms with Gasteiger partial charge in [-0.25, -0.2) is 9.78 Å². The van der Waals surface area contributed by atoms with Crippen molar-refractivity contribution in [3.05, 3.63) is 36.2 Å². The number of nitrogen functional groups attached to an aromatic ring is 1. The number of esters is 2. The third kappa shape index (κ3) is 4.74. The first kappa shape index (κ1) is 20.4. The first-order valence-electron chi connectivity index (χ1n) is 9.41. The molecule has 1 unspecified atom stereocenters. The van der Waals surface area contributed by atoms with Crippen LogP contribution in [0.15, 0.2) is 30.6 Å². The minimum absolute atomic E-state index is 0.202. The van der Waals surface area contributed by atoms with Gasteiger partial charge in [-0.1, -0.05) is 0 Å². The normalized spacial score (nSPS) is 16.2. The van der Waals surface area contributed by atoms with Crippen LogP contribution < -0.4 is 15.4 Å². The molecule has 2 aromatic rings. The molecule has 2 heterocycles. The molecule has 9 heteroatoms. The number of nitrogens with zero attached hydrogens (tertiary/aromatic N) is 3. The molecule has 9 nitrogen and oxygen atoms in total. The summed E-state index contributed by atoms with van der Waals surface area (Å²) < 4.78 is 15.6. The molecule has 1 aliphatic rings. The molecule has 1 aromatic carbocycles. The Morgan fingerprint density at radius 1 is 1.24 bits per heavy atom. The lowest BCUT2D eigenvalue weighted by Gasteiger charge is -2.33. The number of hydrogen-bond donors (Lipinski definition) is 1. The molecule has 0 saturated carbocycles. The van der Waals surface area contributed by atoms with Gasteiger partial charge in [0.25, 0.3) is 0 Å². The Kier molecular flexibility index (Phi) is 6.48. The number of nitrogens with two attached hydrogens (primary N) is 1. The minimum Gasteiger partial charge on any atom is -0.466 e. The smallest absolute Gasteiger partial charge is 0.337 e. The van der Waals surface area contributed by atoms with Gasteiger partial charge in [-0.3, -0.25) is 4.79 Å². The van der Waals surface area contributed by atoms with Crippen LogP contribution in [0, 0.1) is 5.92 Å². The first-order valence-corrected chi connectivity index (χ1v) is 9.41. The van der Waals surface area contributed by atoms with Crippen molar-refractivity contribution in [2.24, 2.45) is 5.92 Å². The van der Waals surface area contributed by atoms with E-state index in [1.807, 2.05) is 4.90 Å². The summed E-state index contributed by atoms with van der Waals surface area (Å²) in [7, 11) is 1.32. The minimum atomic E-state index is -0.429. The molecule has 1 fully saturated rings. The summed E-state index contributed by atoms with van der Waals surface area (Å²) in [4.78, 5) is 34.0. The van der Waals surface area contributed by atoms with Crippen molar-refractivity contribution in [3.8, 4) is 11.6 Å². The molecule has 0 amide bonds. The zero-order valence-corrected chi connectivity index (χ0v) is 16.5. The maximum Gasteiger partial charge on any atom is 0.337 e. The van der Waals surface area contributed by atoms with E-state index < -0.39 is 5.97 Å². The zero-order chi connectivity index (χ0) is 20.8. The number of ether oxygens (including phenoxy) is 3. The highest BCUT2D eigenvalue weighted by atomic mass is 16.5. The molecule has 154 valence electrons. The topological polar surface area (TPSA) is 117 Å². The summed E-state index contributed by atoms with van der Waals surface area (Å²) in [6, 6.07) is 6.44. The van der Waals surface area contributed by atoms with Crippen molar-refractivity contribution >= 4 is 23.4 Å². The zero-order valence-electron chi connectivity index (χ0n) is 16.5. The molecule has 2 N–H and O–H groups in total. The summed E-state index contributed by atoms with van der Waals surface area (Å²) in [5.74, 6) is 0.355. The molecular weight excluding hydrogens is 376 g/mol. The van der Waals surface area contributed by atoms with Crippen LogP contribution in [0.3, 0.4) is 0 Å². The summed E-state index contributed by atoms with van der Waals surface area (Å²) in [6.45, 7) is 3.36. The Labute approximate surface area is 168 Å². The van der Waals surface area contributed by atoms with Crippen molar-refractivity contribution in [3.63, 3.8) is 0 Å². The molecule has 1 aliphatic heterocycles. The van der Waals surface area contributed by atoms with Crippen LogP contribution in [0.4, 0.5) is 11.5 Å². The number of carbonyl (C=O) groups excluding carboxylic acids is 2. The average molecular weight is 400 g/mol. The molecule has 0 bridgehead atoms. The molecule has 29 heavy (non-hydrogen) atoms. The van der Waals surface area contributed by atoms with Crippen LogP contribution in [-0.4, -0.2) is 48.7 Å². The molecule has 0 spiro atoms. The number of anilines is 2. The Balaban J connectivity index is 1.75. The quantitative estimate of drug-likeness (QED) is 0.729.